The molecule has 0 fully saturated rings. The average Bonchev–Trinajstić information content (AvgIpc) is 3.12. The molecule has 1 atom stereocenters. The van der Waals surface area contributed by atoms with Gasteiger partial charge >= 0.3 is 0 Å². The lowest BCUT2D eigenvalue weighted by Crippen LogP contribution is -2.20. The number of ether oxygens (including phenoxy) is 2. The molecule has 0 unspecified atom stereocenters. The molecular weight excluding hydrogens is 420 g/mol. The number of aromatic nitrogens is 2. The molecular formula is C21H17BrN4O2. The zero-order chi connectivity index (χ0) is 19.7. The van der Waals surface area contributed by atoms with E-state index in [1.807, 2.05) is 55.5 Å². The lowest BCUT2D eigenvalue weighted by Gasteiger charge is -2.24. The number of nitrogens with zero attached hydrogens (tertiary/aromatic N) is 2. The first-order valence-electron chi connectivity index (χ1n) is 8.77. The van der Waals surface area contributed by atoms with Crippen molar-refractivity contribution in [2.24, 2.45) is 5.73 Å². The minimum absolute atomic E-state index is 0.0765. The third-order valence-corrected chi connectivity index (χ3v) is 5.12. The molecule has 0 radical (unpaired) electrons. The Bertz CT molecular complexity index is 1080. The molecule has 28 heavy (non-hydrogen) atoms. The van der Waals surface area contributed by atoms with Crippen LogP contribution in [0.4, 0.5) is 0 Å². The fraction of sp³-hybridized carbons (Fsp3) is 0.143. The Morgan fingerprint density at radius 2 is 1.93 bits per heavy atom. The number of aromatic amines is 1. The summed E-state index contributed by atoms with van der Waals surface area (Å²) in [4.78, 5) is 0. The van der Waals surface area contributed by atoms with E-state index in [2.05, 4.69) is 32.2 Å². The van der Waals surface area contributed by atoms with Gasteiger partial charge in [0.25, 0.3) is 0 Å². The van der Waals surface area contributed by atoms with Gasteiger partial charge in [0.05, 0.1) is 23.8 Å². The monoisotopic (exact) mass is 436 g/mol. The van der Waals surface area contributed by atoms with Crippen LogP contribution in [0.15, 0.2) is 64.5 Å². The highest BCUT2D eigenvalue weighted by molar-refractivity contribution is 9.10. The van der Waals surface area contributed by atoms with Gasteiger partial charge in [-0.1, -0.05) is 28.1 Å². The van der Waals surface area contributed by atoms with Crippen molar-refractivity contribution in [1.29, 1.82) is 5.26 Å². The molecule has 1 aliphatic rings. The number of allylic oxidation sites excluding steroid dienone is 1. The molecule has 0 saturated heterocycles. The highest BCUT2D eigenvalue weighted by Gasteiger charge is 2.35. The molecule has 0 saturated carbocycles. The standard InChI is InChI=1S/C21H17BrN4O2/c1-2-27-15-9-5-13(6-10-15)19-18-17(12-3-7-14(22)8-4-12)16(11-23)20(24)28-21(18)26-25-19/h3-10,17H,2,24H2,1H3,(H,25,26)/t17-/m1/s1. The van der Waals surface area contributed by atoms with Crippen LogP contribution in [0, 0.1) is 11.3 Å². The first-order chi connectivity index (χ1) is 13.6. The summed E-state index contributed by atoms with van der Waals surface area (Å²) in [6.07, 6.45) is 0. The number of nitriles is 1. The van der Waals surface area contributed by atoms with Crippen molar-refractivity contribution in [3.05, 3.63) is 75.6 Å². The van der Waals surface area contributed by atoms with Crippen LogP contribution in [-0.2, 0) is 0 Å². The minimum Gasteiger partial charge on any atom is -0.494 e. The van der Waals surface area contributed by atoms with E-state index in [4.69, 9.17) is 15.2 Å². The summed E-state index contributed by atoms with van der Waals surface area (Å²) in [7, 11) is 0. The van der Waals surface area contributed by atoms with Crippen LogP contribution in [0.3, 0.4) is 0 Å². The van der Waals surface area contributed by atoms with E-state index < -0.39 is 0 Å². The van der Waals surface area contributed by atoms with Crippen LogP contribution < -0.4 is 15.2 Å². The van der Waals surface area contributed by atoms with Crippen molar-refractivity contribution >= 4 is 15.9 Å². The van der Waals surface area contributed by atoms with Crippen LogP contribution >= 0.6 is 15.9 Å². The average molecular weight is 437 g/mol. The van der Waals surface area contributed by atoms with Crippen molar-refractivity contribution in [2.45, 2.75) is 12.8 Å². The molecule has 2 heterocycles. The molecule has 0 aliphatic carbocycles. The van der Waals surface area contributed by atoms with E-state index in [0.29, 0.717) is 18.1 Å². The van der Waals surface area contributed by atoms with Crippen molar-refractivity contribution in [3.8, 4) is 29.0 Å². The van der Waals surface area contributed by atoms with Gasteiger partial charge in [-0.05, 0) is 48.9 Å². The first kappa shape index (κ1) is 18.1. The van der Waals surface area contributed by atoms with Crippen LogP contribution in [0.25, 0.3) is 11.3 Å². The molecule has 1 aromatic heterocycles. The van der Waals surface area contributed by atoms with Crippen LogP contribution in [0.1, 0.15) is 24.0 Å². The number of nitrogens with one attached hydrogen (secondary N) is 1. The summed E-state index contributed by atoms with van der Waals surface area (Å²) in [6, 6.07) is 17.7. The second kappa shape index (κ2) is 7.41. The molecule has 140 valence electrons. The van der Waals surface area contributed by atoms with E-state index in [0.717, 1.165) is 32.6 Å². The zero-order valence-electron chi connectivity index (χ0n) is 15.1. The first-order valence-corrected chi connectivity index (χ1v) is 9.56. The SMILES string of the molecule is CCOc1ccc(-c2[nH]nc3c2[C@H](c2ccc(Br)cc2)C(C#N)=C(N)O3)cc1. The van der Waals surface area contributed by atoms with Gasteiger partial charge in [-0.3, -0.25) is 5.10 Å². The summed E-state index contributed by atoms with van der Waals surface area (Å²) in [5.41, 5.74) is 9.80. The predicted molar refractivity (Wildman–Crippen MR) is 109 cm³/mol. The molecule has 7 heteroatoms. The second-order valence-electron chi connectivity index (χ2n) is 6.25. The van der Waals surface area contributed by atoms with Gasteiger partial charge in [0.15, 0.2) is 0 Å². The number of hydrogen-bond acceptors (Lipinski definition) is 5. The Kier molecular flexibility index (Phi) is 4.80. The van der Waals surface area contributed by atoms with Crippen molar-refractivity contribution in [3.63, 3.8) is 0 Å². The van der Waals surface area contributed by atoms with Gasteiger partial charge in [-0.2, -0.15) is 5.26 Å². The van der Waals surface area contributed by atoms with Crippen molar-refractivity contribution in [1.82, 2.24) is 10.2 Å². The predicted octanol–water partition coefficient (Wildman–Crippen LogP) is 4.46. The van der Waals surface area contributed by atoms with Crippen molar-refractivity contribution < 1.29 is 9.47 Å². The summed E-state index contributed by atoms with van der Waals surface area (Å²) in [5.74, 6) is 0.880. The Morgan fingerprint density at radius 1 is 1.21 bits per heavy atom. The Morgan fingerprint density at radius 3 is 2.57 bits per heavy atom. The van der Waals surface area contributed by atoms with E-state index >= 15 is 0 Å². The number of fused-ring (bicyclic) bond motifs is 1. The smallest absolute Gasteiger partial charge is 0.244 e. The maximum Gasteiger partial charge on any atom is 0.244 e. The molecule has 6 nitrogen and oxygen atoms in total. The number of benzene rings is 2. The molecule has 2 aromatic carbocycles. The van der Waals surface area contributed by atoms with Gasteiger partial charge in [-0.15, -0.1) is 5.10 Å². The number of hydrogen-bond donors (Lipinski definition) is 2. The fourth-order valence-corrected chi connectivity index (χ4v) is 3.60. The van der Waals surface area contributed by atoms with E-state index in [1.54, 1.807) is 0 Å². The molecule has 1 aliphatic heterocycles. The maximum atomic E-state index is 9.74. The minimum atomic E-state index is -0.373. The lowest BCUT2D eigenvalue weighted by molar-refractivity contribution is 0.340. The summed E-state index contributed by atoms with van der Waals surface area (Å²) >= 11 is 3.45. The number of H-pyrrole nitrogens is 1. The lowest BCUT2D eigenvalue weighted by atomic mass is 9.83. The van der Waals surface area contributed by atoms with Gasteiger partial charge in [0.2, 0.25) is 11.8 Å². The number of nitrogens with two attached hydrogens (primary N) is 1. The van der Waals surface area contributed by atoms with Crippen molar-refractivity contribution in [2.75, 3.05) is 6.61 Å². The Hall–Kier alpha value is -3.24. The fourth-order valence-electron chi connectivity index (χ4n) is 3.34. The van der Waals surface area contributed by atoms with E-state index in [1.165, 1.54) is 0 Å². The molecule has 0 spiro atoms. The highest BCUT2D eigenvalue weighted by atomic mass is 79.9. The summed E-state index contributed by atoms with van der Waals surface area (Å²) in [6.45, 7) is 2.55. The van der Waals surface area contributed by atoms with Gasteiger partial charge < -0.3 is 15.2 Å². The zero-order valence-corrected chi connectivity index (χ0v) is 16.7. The Labute approximate surface area is 170 Å². The summed E-state index contributed by atoms with van der Waals surface area (Å²) in [5, 5.41) is 17.1. The second-order valence-corrected chi connectivity index (χ2v) is 7.17. The molecule has 3 N–H and O–H groups in total. The topological polar surface area (TPSA) is 97.0 Å². The van der Waals surface area contributed by atoms with Gasteiger partial charge in [0.1, 0.15) is 17.4 Å². The number of halogens is 1. The number of rotatable bonds is 4. The Balaban J connectivity index is 1.85. The molecule has 0 bridgehead atoms. The third kappa shape index (κ3) is 3.12. The van der Waals surface area contributed by atoms with E-state index in [-0.39, 0.29) is 11.8 Å². The normalized spacial score (nSPS) is 15.5. The van der Waals surface area contributed by atoms with Crippen LogP contribution in [0.2, 0.25) is 0 Å². The van der Waals surface area contributed by atoms with Crippen LogP contribution in [0.5, 0.6) is 11.6 Å². The maximum absolute atomic E-state index is 9.74. The molecule has 3 aromatic rings. The quantitative estimate of drug-likeness (QED) is 0.629. The van der Waals surface area contributed by atoms with Gasteiger partial charge in [-0.25, -0.2) is 0 Å². The molecule has 0 amide bonds. The van der Waals surface area contributed by atoms with Crippen LogP contribution in [-0.4, -0.2) is 16.8 Å². The largest absolute Gasteiger partial charge is 0.494 e. The van der Waals surface area contributed by atoms with Gasteiger partial charge in [0, 0.05) is 10.0 Å². The summed E-state index contributed by atoms with van der Waals surface area (Å²) < 4.78 is 12.1. The van der Waals surface area contributed by atoms with E-state index in [9.17, 15) is 5.26 Å². The third-order valence-electron chi connectivity index (χ3n) is 4.60. The highest BCUT2D eigenvalue weighted by Crippen LogP contribution is 2.45. The molecule has 4 rings (SSSR count).